The first-order chi connectivity index (χ1) is 8.70. The van der Waals surface area contributed by atoms with Crippen LogP contribution in [0.2, 0.25) is 0 Å². The largest absolute Gasteiger partial charge is 0.342 e. The molecule has 0 aliphatic carbocycles. The highest BCUT2D eigenvalue weighted by atomic mass is 35.5. The first kappa shape index (κ1) is 11.1. The quantitative estimate of drug-likeness (QED) is 0.681. The van der Waals surface area contributed by atoms with E-state index in [-0.39, 0.29) is 11.2 Å². The number of hydrogen-bond acceptors (Lipinski definition) is 2. The van der Waals surface area contributed by atoms with E-state index in [9.17, 15) is 4.79 Å². The highest BCUT2D eigenvalue weighted by Crippen LogP contribution is 2.31. The molecule has 1 aliphatic heterocycles. The number of carbonyl (C=O) groups excluding carboxylic acids is 1. The van der Waals surface area contributed by atoms with Crippen LogP contribution in [0.3, 0.4) is 0 Å². The summed E-state index contributed by atoms with van der Waals surface area (Å²) in [7, 11) is 0. The topological polar surface area (TPSA) is 45.8 Å². The Kier molecular flexibility index (Phi) is 2.46. The summed E-state index contributed by atoms with van der Waals surface area (Å²) in [4.78, 5) is 12.4. The third-order valence-corrected chi connectivity index (χ3v) is 3.53. The molecule has 4 heteroatoms. The minimum absolute atomic E-state index is 0.0738. The minimum atomic E-state index is -0.259. The monoisotopic (exact) mass is 256 g/mol. The zero-order valence-electron chi connectivity index (χ0n) is 9.43. The molecule has 3 nitrogen and oxygen atoms in total. The number of aromatic nitrogens is 1. The number of ketones is 1. The van der Waals surface area contributed by atoms with Crippen molar-refractivity contribution in [1.82, 2.24) is 4.57 Å². The summed E-state index contributed by atoms with van der Waals surface area (Å²) < 4.78 is 1.76. The summed E-state index contributed by atoms with van der Waals surface area (Å²) in [6.45, 7) is 0.501. The zero-order valence-corrected chi connectivity index (χ0v) is 10.2. The Bertz CT molecular complexity index is 681. The lowest BCUT2D eigenvalue weighted by Gasteiger charge is -2.09. The number of benzene rings is 1. The van der Waals surface area contributed by atoms with Gasteiger partial charge in [0.25, 0.3) is 0 Å². The Morgan fingerprint density at radius 2 is 2.17 bits per heavy atom. The average Bonchev–Trinajstić information content (AvgIpc) is 2.77. The third-order valence-electron chi connectivity index (χ3n) is 3.16. The molecule has 0 spiro atoms. The van der Waals surface area contributed by atoms with Crippen LogP contribution in [0.4, 0.5) is 0 Å². The van der Waals surface area contributed by atoms with Crippen LogP contribution in [0.1, 0.15) is 32.6 Å². The fraction of sp³-hybridized carbons (Fsp3) is 0.143. The lowest BCUT2D eigenvalue weighted by atomic mass is 10.0. The van der Waals surface area contributed by atoms with Crippen LogP contribution in [0.5, 0.6) is 0 Å². The molecule has 0 fully saturated rings. The maximum Gasteiger partial charge on any atom is 0.209 e. The van der Waals surface area contributed by atoms with Gasteiger partial charge >= 0.3 is 0 Å². The molecular weight excluding hydrogens is 248 g/mol. The van der Waals surface area contributed by atoms with Crippen LogP contribution in [-0.2, 0) is 6.54 Å². The molecule has 0 bridgehead atoms. The Morgan fingerprint density at radius 3 is 2.94 bits per heavy atom. The smallest absolute Gasteiger partial charge is 0.209 e. The van der Waals surface area contributed by atoms with Gasteiger partial charge in [0.05, 0.1) is 16.6 Å². The van der Waals surface area contributed by atoms with Crippen molar-refractivity contribution >= 4 is 17.4 Å². The van der Waals surface area contributed by atoms with E-state index in [4.69, 9.17) is 16.9 Å². The molecule has 88 valence electrons. The second-order valence-electron chi connectivity index (χ2n) is 4.26. The highest BCUT2D eigenvalue weighted by molar-refractivity contribution is 6.22. The molecule has 18 heavy (non-hydrogen) atoms. The van der Waals surface area contributed by atoms with E-state index in [0.29, 0.717) is 23.4 Å². The second-order valence-corrected chi connectivity index (χ2v) is 4.79. The SMILES string of the molecule is N#Cc1cc2n(c1)CC(Cl)c1ccccc1C2=O. The van der Waals surface area contributed by atoms with Gasteiger partial charge in [-0.15, -0.1) is 11.6 Å². The molecule has 1 unspecified atom stereocenters. The van der Waals surface area contributed by atoms with Crippen molar-refractivity contribution in [2.75, 3.05) is 0 Å². The molecule has 0 N–H and O–H groups in total. The summed E-state index contributed by atoms with van der Waals surface area (Å²) in [5.74, 6) is -0.0738. The van der Waals surface area contributed by atoms with Crippen molar-refractivity contribution in [2.45, 2.75) is 11.9 Å². The molecule has 0 radical (unpaired) electrons. The minimum Gasteiger partial charge on any atom is -0.342 e. The third kappa shape index (κ3) is 1.54. The number of rotatable bonds is 0. The fourth-order valence-corrected chi connectivity index (χ4v) is 2.64. The number of hydrogen-bond donors (Lipinski definition) is 0. The van der Waals surface area contributed by atoms with Crippen LogP contribution in [0.15, 0.2) is 36.5 Å². The highest BCUT2D eigenvalue weighted by Gasteiger charge is 2.26. The molecule has 1 aliphatic rings. The number of nitrogens with zero attached hydrogens (tertiary/aromatic N) is 2. The van der Waals surface area contributed by atoms with Crippen LogP contribution < -0.4 is 0 Å². The van der Waals surface area contributed by atoms with Crippen molar-refractivity contribution in [3.05, 3.63) is 58.9 Å². The first-order valence-corrected chi connectivity index (χ1v) is 6.02. The van der Waals surface area contributed by atoms with Gasteiger partial charge in [-0.1, -0.05) is 24.3 Å². The van der Waals surface area contributed by atoms with Crippen LogP contribution in [-0.4, -0.2) is 10.4 Å². The van der Waals surface area contributed by atoms with Crippen molar-refractivity contribution in [3.8, 4) is 6.07 Å². The number of fused-ring (bicyclic) bond motifs is 2. The molecule has 3 rings (SSSR count). The van der Waals surface area contributed by atoms with E-state index in [2.05, 4.69) is 0 Å². The van der Waals surface area contributed by atoms with Crippen molar-refractivity contribution in [1.29, 1.82) is 5.26 Å². The Hall–Kier alpha value is -2.05. The van der Waals surface area contributed by atoms with E-state index >= 15 is 0 Å². The van der Waals surface area contributed by atoms with E-state index in [1.54, 1.807) is 22.9 Å². The van der Waals surface area contributed by atoms with Crippen molar-refractivity contribution in [3.63, 3.8) is 0 Å². The maximum absolute atomic E-state index is 12.4. The number of carbonyl (C=O) groups is 1. The molecule has 2 aromatic rings. The number of alkyl halides is 1. The summed E-state index contributed by atoms with van der Waals surface area (Å²) in [6, 6.07) is 11.0. The normalized spacial score (nSPS) is 17.6. The second kappa shape index (κ2) is 4.01. The van der Waals surface area contributed by atoms with E-state index < -0.39 is 0 Å². The van der Waals surface area contributed by atoms with E-state index in [1.165, 1.54) is 0 Å². The summed E-state index contributed by atoms with van der Waals surface area (Å²) >= 11 is 6.34. The molecule has 1 aromatic heterocycles. The fourth-order valence-electron chi connectivity index (χ4n) is 2.30. The van der Waals surface area contributed by atoms with Gasteiger partial charge < -0.3 is 4.57 Å². The van der Waals surface area contributed by atoms with Crippen molar-refractivity contribution < 1.29 is 4.79 Å². The van der Waals surface area contributed by atoms with Gasteiger partial charge in [-0.2, -0.15) is 5.26 Å². The summed E-state index contributed by atoms with van der Waals surface area (Å²) in [6.07, 6.45) is 1.68. The van der Waals surface area contributed by atoms with E-state index in [0.717, 1.165) is 5.56 Å². The van der Waals surface area contributed by atoms with Gasteiger partial charge in [-0.3, -0.25) is 4.79 Å². The molecule has 0 amide bonds. The Balaban J connectivity index is 2.23. The van der Waals surface area contributed by atoms with Gasteiger partial charge in [0.2, 0.25) is 5.78 Å². The predicted octanol–water partition coefficient (Wildman–Crippen LogP) is 2.88. The van der Waals surface area contributed by atoms with E-state index in [1.807, 2.05) is 24.3 Å². The molecule has 0 saturated heterocycles. The van der Waals surface area contributed by atoms with Crippen LogP contribution in [0.25, 0.3) is 0 Å². The van der Waals surface area contributed by atoms with Gasteiger partial charge in [-0.05, 0) is 11.6 Å². The average molecular weight is 257 g/mol. The lowest BCUT2D eigenvalue weighted by molar-refractivity contribution is 0.103. The molecule has 0 saturated carbocycles. The maximum atomic E-state index is 12.4. The molecule has 2 heterocycles. The summed E-state index contributed by atoms with van der Waals surface area (Å²) in [5, 5.41) is 8.64. The first-order valence-electron chi connectivity index (χ1n) is 5.58. The van der Waals surface area contributed by atoms with Gasteiger partial charge in [0.15, 0.2) is 0 Å². The number of halogens is 1. The summed E-state index contributed by atoms with van der Waals surface area (Å²) in [5.41, 5.74) is 2.49. The predicted molar refractivity (Wildman–Crippen MR) is 67.6 cm³/mol. The van der Waals surface area contributed by atoms with Crippen LogP contribution in [0, 0.1) is 11.3 Å². The van der Waals surface area contributed by atoms with Gasteiger partial charge in [0.1, 0.15) is 6.07 Å². The Labute approximate surface area is 109 Å². The number of nitriles is 1. The van der Waals surface area contributed by atoms with Crippen molar-refractivity contribution in [2.24, 2.45) is 0 Å². The zero-order chi connectivity index (χ0) is 12.7. The lowest BCUT2D eigenvalue weighted by Crippen LogP contribution is -2.06. The van der Waals surface area contributed by atoms with Gasteiger partial charge in [0, 0.05) is 18.3 Å². The van der Waals surface area contributed by atoms with Crippen LogP contribution >= 0.6 is 11.6 Å². The van der Waals surface area contributed by atoms with Gasteiger partial charge in [-0.25, -0.2) is 0 Å². The molecular formula is C14H9ClN2O. The standard InChI is InChI=1S/C14H9ClN2O/c15-12-8-17-7-9(6-16)5-13(17)14(18)11-4-2-1-3-10(11)12/h1-5,7,12H,8H2. The Morgan fingerprint density at radius 1 is 1.39 bits per heavy atom. The molecule has 1 atom stereocenters. The molecule has 1 aromatic carbocycles.